The molecular weight excluding hydrogens is 380 g/mol. The fourth-order valence-corrected chi connectivity index (χ4v) is 4.79. The molecule has 3 aliphatic heterocycles. The summed E-state index contributed by atoms with van der Waals surface area (Å²) in [5.74, 6) is 3.15. The van der Waals surface area contributed by atoms with Crippen LogP contribution in [0.1, 0.15) is 39.2 Å². The number of ether oxygens (including phenoxy) is 3. The lowest BCUT2D eigenvalue weighted by Gasteiger charge is -2.38. The largest absolute Gasteiger partial charge is 0.454 e. The van der Waals surface area contributed by atoms with Crippen LogP contribution in [-0.2, 0) is 10.2 Å². The summed E-state index contributed by atoms with van der Waals surface area (Å²) in [4.78, 5) is 7.05. The molecule has 166 valence electrons. The van der Waals surface area contributed by atoms with E-state index in [-0.39, 0.29) is 5.41 Å². The number of benzene rings is 1. The van der Waals surface area contributed by atoms with Crippen molar-refractivity contribution in [2.24, 2.45) is 10.9 Å². The highest BCUT2D eigenvalue weighted by atomic mass is 16.7. The van der Waals surface area contributed by atoms with Crippen LogP contribution in [0.25, 0.3) is 0 Å². The van der Waals surface area contributed by atoms with Gasteiger partial charge >= 0.3 is 0 Å². The lowest BCUT2D eigenvalue weighted by atomic mass is 9.74. The number of guanidine groups is 1. The maximum atomic E-state index is 5.69. The molecule has 0 saturated carbocycles. The monoisotopic (exact) mass is 416 g/mol. The quantitative estimate of drug-likeness (QED) is 0.567. The second kappa shape index (κ2) is 9.02. The average Bonchev–Trinajstić information content (AvgIpc) is 3.37. The first-order valence-corrected chi connectivity index (χ1v) is 11.2. The molecule has 0 spiro atoms. The third kappa shape index (κ3) is 4.37. The van der Waals surface area contributed by atoms with E-state index in [9.17, 15) is 0 Å². The summed E-state index contributed by atoms with van der Waals surface area (Å²) in [6, 6.07) is 7.34. The molecule has 1 aromatic rings. The van der Waals surface area contributed by atoms with E-state index in [0.29, 0.717) is 24.8 Å². The molecule has 0 radical (unpaired) electrons. The van der Waals surface area contributed by atoms with Crippen molar-refractivity contribution < 1.29 is 14.2 Å². The van der Waals surface area contributed by atoms with Crippen LogP contribution < -0.4 is 20.1 Å². The Morgan fingerprint density at radius 1 is 1.20 bits per heavy atom. The van der Waals surface area contributed by atoms with Crippen molar-refractivity contribution in [3.63, 3.8) is 0 Å². The van der Waals surface area contributed by atoms with Gasteiger partial charge < -0.3 is 24.8 Å². The van der Waals surface area contributed by atoms with Gasteiger partial charge in [0.05, 0.1) is 0 Å². The molecular formula is C23H36N4O3. The van der Waals surface area contributed by atoms with Gasteiger partial charge in [-0.3, -0.25) is 9.89 Å². The van der Waals surface area contributed by atoms with Crippen molar-refractivity contribution in [3.05, 3.63) is 23.8 Å². The third-order valence-electron chi connectivity index (χ3n) is 6.95. The smallest absolute Gasteiger partial charge is 0.231 e. The number of hydrogen-bond acceptors (Lipinski definition) is 5. The van der Waals surface area contributed by atoms with Crippen molar-refractivity contribution >= 4 is 5.96 Å². The van der Waals surface area contributed by atoms with E-state index >= 15 is 0 Å². The van der Waals surface area contributed by atoms with Gasteiger partial charge in [-0.1, -0.05) is 13.0 Å². The molecule has 3 aliphatic rings. The van der Waals surface area contributed by atoms with Gasteiger partial charge in [0, 0.05) is 57.4 Å². The van der Waals surface area contributed by atoms with Gasteiger partial charge in [-0.15, -0.1) is 0 Å². The predicted octanol–water partition coefficient (Wildman–Crippen LogP) is 2.36. The molecule has 0 aromatic heterocycles. The number of aliphatic imine (C=N–C) groups is 1. The van der Waals surface area contributed by atoms with E-state index in [1.807, 2.05) is 13.1 Å². The van der Waals surface area contributed by atoms with E-state index in [0.717, 1.165) is 63.1 Å². The molecule has 7 nitrogen and oxygen atoms in total. The molecule has 0 bridgehead atoms. The first-order chi connectivity index (χ1) is 14.5. The second-order valence-electron chi connectivity index (χ2n) is 9.16. The minimum Gasteiger partial charge on any atom is -0.454 e. The summed E-state index contributed by atoms with van der Waals surface area (Å²) in [6.45, 7) is 11.7. The normalized spacial score (nSPS) is 26.2. The van der Waals surface area contributed by atoms with Gasteiger partial charge in [0.1, 0.15) is 0 Å². The van der Waals surface area contributed by atoms with Crippen LogP contribution in [0, 0.1) is 5.92 Å². The van der Waals surface area contributed by atoms with Crippen molar-refractivity contribution in [1.29, 1.82) is 0 Å². The van der Waals surface area contributed by atoms with Crippen LogP contribution in [0.3, 0.4) is 0 Å². The Morgan fingerprint density at radius 2 is 1.97 bits per heavy atom. The second-order valence-corrected chi connectivity index (χ2v) is 9.16. The standard InChI is InChI=1S/C23H36N4O3/c1-16(2)27-12-17(3)19(13-27)26-22(24-4)25-14-23(7-9-28-10-8-23)18-5-6-20-21(11-18)30-15-29-20/h5-6,11,16-17,19H,7-10,12-15H2,1-4H3,(H2,24,25,26). The van der Waals surface area contributed by atoms with Crippen molar-refractivity contribution in [2.75, 3.05) is 46.7 Å². The molecule has 1 aromatic carbocycles. The highest BCUT2D eigenvalue weighted by Gasteiger charge is 2.36. The van der Waals surface area contributed by atoms with Crippen molar-refractivity contribution in [2.45, 2.75) is 51.1 Å². The first kappa shape index (κ1) is 21.2. The third-order valence-corrected chi connectivity index (χ3v) is 6.95. The molecule has 3 heterocycles. The summed E-state index contributed by atoms with van der Waals surface area (Å²) in [7, 11) is 1.85. The van der Waals surface area contributed by atoms with Gasteiger partial charge in [-0.25, -0.2) is 0 Å². The van der Waals surface area contributed by atoms with E-state index in [2.05, 4.69) is 53.4 Å². The molecule has 2 saturated heterocycles. The van der Waals surface area contributed by atoms with Gasteiger partial charge in [0.25, 0.3) is 0 Å². The minimum atomic E-state index is -0.0118. The molecule has 30 heavy (non-hydrogen) atoms. The molecule has 0 aliphatic carbocycles. The van der Waals surface area contributed by atoms with Crippen LogP contribution in [0.2, 0.25) is 0 Å². The Morgan fingerprint density at radius 3 is 2.67 bits per heavy atom. The number of likely N-dealkylation sites (tertiary alicyclic amines) is 1. The molecule has 2 N–H and O–H groups in total. The highest BCUT2D eigenvalue weighted by molar-refractivity contribution is 5.80. The average molecular weight is 417 g/mol. The number of nitrogens with one attached hydrogen (secondary N) is 2. The van der Waals surface area contributed by atoms with Crippen LogP contribution in [-0.4, -0.2) is 69.6 Å². The molecule has 2 atom stereocenters. The van der Waals surface area contributed by atoms with Gasteiger partial charge in [-0.2, -0.15) is 0 Å². The van der Waals surface area contributed by atoms with E-state index < -0.39 is 0 Å². The summed E-state index contributed by atoms with van der Waals surface area (Å²) >= 11 is 0. The zero-order chi connectivity index (χ0) is 21.1. The Bertz CT molecular complexity index is 761. The number of hydrogen-bond donors (Lipinski definition) is 2. The molecule has 0 amide bonds. The summed E-state index contributed by atoms with van der Waals surface area (Å²) in [5, 5.41) is 7.30. The Hall–Kier alpha value is -1.99. The van der Waals surface area contributed by atoms with Crippen LogP contribution in [0.5, 0.6) is 11.5 Å². The lowest BCUT2D eigenvalue weighted by Crippen LogP contribution is -2.51. The van der Waals surface area contributed by atoms with E-state index in [1.165, 1.54) is 5.56 Å². The topological polar surface area (TPSA) is 67.4 Å². The molecule has 7 heteroatoms. The predicted molar refractivity (Wildman–Crippen MR) is 118 cm³/mol. The Balaban J connectivity index is 1.44. The fourth-order valence-electron chi connectivity index (χ4n) is 4.79. The molecule has 4 rings (SSSR count). The number of rotatable bonds is 5. The summed E-state index contributed by atoms with van der Waals surface area (Å²) < 4.78 is 16.8. The zero-order valence-electron chi connectivity index (χ0n) is 18.7. The first-order valence-electron chi connectivity index (χ1n) is 11.2. The lowest BCUT2D eigenvalue weighted by molar-refractivity contribution is 0.0513. The minimum absolute atomic E-state index is 0.0118. The zero-order valence-corrected chi connectivity index (χ0v) is 18.7. The van der Waals surface area contributed by atoms with Gasteiger partial charge in [-0.05, 0) is 50.3 Å². The van der Waals surface area contributed by atoms with Crippen molar-refractivity contribution in [3.8, 4) is 11.5 Å². The number of fused-ring (bicyclic) bond motifs is 1. The Kier molecular flexibility index (Phi) is 6.39. The number of nitrogens with zero attached hydrogens (tertiary/aromatic N) is 2. The Labute approximate surface area is 180 Å². The summed E-state index contributed by atoms with van der Waals surface area (Å²) in [5.41, 5.74) is 1.26. The SMILES string of the molecule is CN=C(NCC1(c2ccc3c(c2)OCO3)CCOCC1)NC1CN(C(C)C)CC1C. The van der Waals surface area contributed by atoms with Crippen LogP contribution >= 0.6 is 0 Å². The van der Waals surface area contributed by atoms with Crippen LogP contribution in [0.15, 0.2) is 23.2 Å². The van der Waals surface area contributed by atoms with Crippen LogP contribution in [0.4, 0.5) is 0 Å². The molecule has 2 unspecified atom stereocenters. The molecule has 2 fully saturated rings. The summed E-state index contributed by atoms with van der Waals surface area (Å²) in [6.07, 6.45) is 1.94. The van der Waals surface area contributed by atoms with E-state index in [4.69, 9.17) is 14.2 Å². The maximum Gasteiger partial charge on any atom is 0.231 e. The van der Waals surface area contributed by atoms with E-state index in [1.54, 1.807) is 0 Å². The van der Waals surface area contributed by atoms with Gasteiger partial charge in [0.2, 0.25) is 6.79 Å². The maximum absolute atomic E-state index is 5.69. The highest BCUT2D eigenvalue weighted by Crippen LogP contribution is 2.40. The fraction of sp³-hybridized carbons (Fsp3) is 0.696. The van der Waals surface area contributed by atoms with Crippen molar-refractivity contribution in [1.82, 2.24) is 15.5 Å². The van der Waals surface area contributed by atoms with Gasteiger partial charge in [0.15, 0.2) is 17.5 Å².